The van der Waals surface area contributed by atoms with Gasteiger partial charge in [0.15, 0.2) is 11.7 Å². The highest BCUT2D eigenvalue weighted by atomic mass is 32.2. The predicted octanol–water partition coefficient (Wildman–Crippen LogP) is 1.91. The van der Waals surface area contributed by atoms with Gasteiger partial charge in [-0.3, -0.25) is 10.1 Å². The van der Waals surface area contributed by atoms with Crippen molar-refractivity contribution < 1.29 is 22.7 Å². The highest BCUT2D eigenvalue weighted by molar-refractivity contribution is 7.89. The number of ether oxygens (including phenoxy) is 2. The summed E-state index contributed by atoms with van der Waals surface area (Å²) in [5, 5.41) is 5.48. The van der Waals surface area contributed by atoms with Crippen molar-refractivity contribution in [3.8, 4) is 5.75 Å². The van der Waals surface area contributed by atoms with E-state index in [-0.39, 0.29) is 16.6 Å². The lowest BCUT2D eigenvalue weighted by Crippen LogP contribution is -2.40. The van der Waals surface area contributed by atoms with E-state index in [9.17, 15) is 13.2 Å². The Balaban J connectivity index is 1.51. The van der Waals surface area contributed by atoms with Gasteiger partial charge in [0.1, 0.15) is 5.75 Å². The van der Waals surface area contributed by atoms with Crippen molar-refractivity contribution in [3.05, 3.63) is 54.1 Å². The minimum Gasteiger partial charge on any atom is -0.483 e. The molecule has 0 spiro atoms. The Morgan fingerprint density at radius 1 is 1.13 bits per heavy atom. The Morgan fingerprint density at radius 3 is 2.47 bits per heavy atom. The number of nitrogens with one attached hydrogen (secondary N) is 2. The third-order valence-corrected chi connectivity index (χ3v) is 6.54. The van der Waals surface area contributed by atoms with Crippen LogP contribution in [0.5, 0.6) is 5.75 Å². The standard InChI is InChI=1S/C20H23N3O5S2/c1-15-4-2-3-5-18(15)28-14-19(24)22-20(29)21-16-6-8-17(9-7-16)30(25,26)23-10-12-27-13-11-23/h2-9H,10-14H2,1H3,(H2,21,22,24,29). The minimum absolute atomic E-state index is 0.0946. The molecule has 0 bridgehead atoms. The number of nitrogens with zero attached hydrogens (tertiary/aromatic N) is 1. The molecule has 8 nitrogen and oxygen atoms in total. The number of carbonyl (C=O) groups is 1. The minimum atomic E-state index is -3.56. The van der Waals surface area contributed by atoms with Crippen LogP contribution < -0.4 is 15.4 Å². The van der Waals surface area contributed by atoms with Gasteiger partial charge in [-0.15, -0.1) is 0 Å². The number of amides is 1. The van der Waals surface area contributed by atoms with E-state index in [1.54, 1.807) is 18.2 Å². The zero-order valence-corrected chi connectivity index (χ0v) is 18.1. The highest BCUT2D eigenvalue weighted by Gasteiger charge is 2.26. The van der Waals surface area contributed by atoms with Crippen molar-refractivity contribution in [2.45, 2.75) is 11.8 Å². The fourth-order valence-corrected chi connectivity index (χ4v) is 4.47. The van der Waals surface area contributed by atoms with E-state index >= 15 is 0 Å². The molecule has 1 heterocycles. The Hall–Kier alpha value is -2.53. The van der Waals surface area contributed by atoms with Gasteiger partial charge in [0.25, 0.3) is 5.91 Å². The van der Waals surface area contributed by atoms with Crippen molar-refractivity contribution in [1.82, 2.24) is 9.62 Å². The second kappa shape index (κ2) is 9.98. The first-order chi connectivity index (χ1) is 14.4. The number of sulfonamides is 1. The molecule has 0 radical (unpaired) electrons. The molecule has 0 aromatic heterocycles. The summed E-state index contributed by atoms with van der Waals surface area (Å²) >= 11 is 5.14. The van der Waals surface area contributed by atoms with Crippen LogP contribution in [0, 0.1) is 6.92 Å². The van der Waals surface area contributed by atoms with Crippen LogP contribution in [0.4, 0.5) is 5.69 Å². The van der Waals surface area contributed by atoms with Crippen LogP contribution in [-0.2, 0) is 19.6 Å². The van der Waals surface area contributed by atoms with Crippen molar-refractivity contribution in [2.24, 2.45) is 0 Å². The van der Waals surface area contributed by atoms with Gasteiger partial charge >= 0.3 is 0 Å². The molecule has 0 unspecified atom stereocenters. The molecular weight excluding hydrogens is 426 g/mol. The molecule has 0 atom stereocenters. The van der Waals surface area contributed by atoms with Crippen LogP contribution in [0.1, 0.15) is 5.56 Å². The van der Waals surface area contributed by atoms with E-state index in [0.717, 1.165) is 5.56 Å². The summed E-state index contributed by atoms with van der Waals surface area (Å²) in [5.41, 5.74) is 1.49. The smallest absolute Gasteiger partial charge is 0.264 e. The molecule has 1 aliphatic rings. The third-order valence-electron chi connectivity index (χ3n) is 4.43. The van der Waals surface area contributed by atoms with Gasteiger partial charge < -0.3 is 14.8 Å². The van der Waals surface area contributed by atoms with Crippen LogP contribution in [0.25, 0.3) is 0 Å². The molecule has 3 rings (SSSR count). The average Bonchev–Trinajstić information content (AvgIpc) is 2.74. The van der Waals surface area contributed by atoms with E-state index in [2.05, 4.69) is 10.6 Å². The number of benzene rings is 2. The number of morpholine rings is 1. The summed E-state index contributed by atoms with van der Waals surface area (Å²) in [6.07, 6.45) is 0. The quantitative estimate of drug-likeness (QED) is 0.650. The van der Waals surface area contributed by atoms with E-state index in [4.69, 9.17) is 21.7 Å². The van der Waals surface area contributed by atoms with Gasteiger partial charge in [-0.1, -0.05) is 18.2 Å². The van der Waals surface area contributed by atoms with Gasteiger partial charge in [0.05, 0.1) is 18.1 Å². The molecule has 0 saturated carbocycles. The molecule has 1 fully saturated rings. The number of thiocarbonyl (C=S) groups is 1. The molecule has 2 N–H and O–H groups in total. The normalized spacial score (nSPS) is 14.7. The van der Waals surface area contributed by atoms with Crippen molar-refractivity contribution >= 4 is 38.9 Å². The number of para-hydroxylation sites is 1. The number of rotatable bonds is 6. The van der Waals surface area contributed by atoms with Crippen LogP contribution >= 0.6 is 12.2 Å². The maximum Gasteiger partial charge on any atom is 0.264 e. The Kier molecular flexibility index (Phi) is 7.38. The monoisotopic (exact) mass is 449 g/mol. The van der Waals surface area contributed by atoms with Gasteiger partial charge in [-0.25, -0.2) is 8.42 Å². The first-order valence-corrected chi connectivity index (χ1v) is 11.2. The number of anilines is 1. The molecule has 1 amide bonds. The molecule has 1 aliphatic heterocycles. The number of hydrogen-bond donors (Lipinski definition) is 2. The number of aryl methyl sites for hydroxylation is 1. The molecule has 30 heavy (non-hydrogen) atoms. The molecule has 1 saturated heterocycles. The second-order valence-corrected chi connectivity index (χ2v) is 8.94. The molecule has 0 aliphatic carbocycles. The van der Waals surface area contributed by atoms with Gasteiger partial charge in [-0.2, -0.15) is 4.31 Å². The van der Waals surface area contributed by atoms with Crippen LogP contribution in [0.2, 0.25) is 0 Å². The van der Waals surface area contributed by atoms with Gasteiger partial charge in [-0.05, 0) is 55.0 Å². The summed E-state index contributed by atoms with van der Waals surface area (Å²) in [7, 11) is -3.56. The zero-order valence-electron chi connectivity index (χ0n) is 16.5. The van der Waals surface area contributed by atoms with E-state index < -0.39 is 15.9 Å². The molecule has 2 aromatic rings. The maximum atomic E-state index is 12.6. The molecule has 160 valence electrons. The Morgan fingerprint density at radius 2 is 1.80 bits per heavy atom. The summed E-state index contributed by atoms with van der Waals surface area (Å²) in [5.74, 6) is 0.228. The van der Waals surface area contributed by atoms with Crippen LogP contribution in [0.15, 0.2) is 53.4 Å². The number of hydrogen-bond acceptors (Lipinski definition) is 6. The molecular formula is C20H23N3O5S2. The molecule has 2 aromatic carbocycles. The Labute approximate surface area is 181 Å². The number of carbonyl (C=O) groups excluding carboxylic acids is 1. The van der Waals surface area contributed by atoms with Gasteiger partial charge in [0.2, 0.25) is 10.0 Å². The predicted molar refractivity (Wildman–Crippen MR) is 117 cm³/mol. The average molecular weight is 450 g/mol. The fourth-order valence-electron chi connectivity index (χ4n) is 2.83. The van der Waals surface area contributed by atoms with Crippen LogP contribution in [0.3, 0.4) is 0 Å². The lowest BCUT2D eigenvalue weighted by Gasteiger charge is -2.26. The van der Waals surface area contributed by atoms with E-state index in [0.29, 0.717) is 37.7 Å². The zero-order chi connectivity index (χ0) is 21.6. The topological polar surface area (TPSA) is 97.0 Å². The Bertz CT molecular complexity index is 1000. The fraction of sp³-hybridized carbons (Fsp3) is 0.300. The summed E-state index contributed by atoms with van der Waals surface area (Å²) in [4.78, 5) is 12.2. The van der Waals surface area contributed by atoms with E-state index in [1.165, 1.54) is 16.4 Å². The maximum absolute atomic E-state index is 12.6. The summed E-state index contributed by atoms with van der Waals surface area (Å²) in [6.45, 7) is 3.17. The highest BCUT2D eigenvalue weighted by Crippen LogP contribution is 2.19. The summed E-state index contributed by atoms with van der Waals surface area (Å²) < 4.78 is 37.3. The van der Waals surface area contributed by atoms with Crippen molar-refractivity contribution in [1.29, 1.82) is 0 Å². The van der Waals surface area contributed by atoms with Gasteiger partial charge in [0, 0.05) is 18.8 Å². The first-order valence-electron chi connectivity index (χ1n) is 9.33. The van der Waals surface area contributed by atoms with E-state index in [1.807, 2.05) is 25.1 Å². The SMILES string of the molecule is Cc1ccccc1OCC(=O)NC(=S)Nc1ccc(S(=O)(=O)N2CCOCC2)cc1. The largest absolute Gasteiger partial charge is 0.483 e. The lowest BCUT2D eigenvalue weighted by atomic mass is 10.2. The first kappa shape index (κ1) is 22.2. The lowest BCUT2D eigenvalue weighted by molar-refractivity contribution is -0.121. The van der Waals surface area contributed by atoms with Crippen LogP contribution in [-0.4, -0.2) is 56.7 Å². The summed E-state index contributed by atoms with van der Waals surface area (Å²) in [6, 6.07) is 13.6. The van der Waals surface area contributed by atoms with Crippen molar-refractivity contribution in [3.63, 3.8) is 0 Å². The second-order valence-electron chi connectivity index (χ2n) is 6.60. The van der Waals surface area contributed by atoms with Crippen molar-refractivity contribution in [2.75, 3.05) is 38.2 Å². The third kappa shape index (κ3) is 5.76. The molecule has 10 heteroatoms.